The molecule has 1 aromatic carbocycles. The highest BCUT2D eigenvalue weighted by molar-refractivity contribution is 5.76. The number of rotatable bonds is 2. The van der Waals surface area contributed by atoms with E-state index in [1.54, 1.807) is 6.20 Å². The Morgan fingerprint density at radius 3 is 2.67 bits per heavy atom. The quantitative estimate of drug-likeness (QED) is 0.754. The molecule has 0 saturated carbocycles. The number of para-hydroxylation sites is 2. The monoisotopic (exact) mass is 200 g/mol. The molecule has 2 rings (SSSR count). The summed E-state index contributed by atoms with van der Waals surface area (Å²) in [6.45, 7) is 0.365. The number of aromatic nitrogens is 2. The van der Waals surface area contributed by atoms with Gasteiger partial charge in [-0.1, -0.05) is 12.1 Å². The van der Waals surface area contributed by atoms with E-state index in [-0.39, 0.29) is 0 Å². The number of benzene rings is 1. The van der Waals surface area contributed by atoms with Gasteiger partial charge in [-0.15, -0.1) is 0 Å². The summed E-state index contributed by atoms with van der Waals surface area (Å²) in [7, 11) is 0. The predicted octanol–water partition coefficient (Wildman–Crippen LogP) is 0.888. The first-order valence-corrected chi connectivity index (χ1v) is 4.68. The van der Waals surface area contributed by atoms with E-state index in [1.807, 2.05) is 24.3 Å². The topological polar surface area (TPSA) is 77.8 Å². The summed E-state index contributed by atoms with van der Waals surface area (Å²) in [6.07, 6.45) is 3.16. The van der Waals surface area contributed by atoms with Crippen LogP contribution in [0, 0.1) is 0 Å². The second kappa shape index (κ2) is 4.06. The van der Waals surface area contributed by atoms with Gasteiger partial charge in [-0.3, -0.25) is 4.98 Å². The van der Waals surface area contributed by atoms with Crippen molar-refractivity contribution in [2.24, 2.45) is 11.5 Å². The van der Waals surface area contributed by atoms with Crippen LogP contribution in [0.5, 0.6) is 0 Å². The SMILES string of the molecule is N/C=C(\CN)c1cnc2ccccc2n1. The molecule has 0 amide bonds. The molecular weight excluding hydrogens is 188 g/mol. The summed E-state index contributed by atoms with van der Waals surface area (Å²) in [5.41, 5.74) is 14.2. The van der Waals surface area contributed by atoms with Crippen LogP contribution in [0.15, 0.2) is 36.7 Å². The fourth-order valence-electron chi connectivity index (χ4n) is 1.37. The molecule has 0 fully saturated rings. The van der Waals surface area contributed by atoms with Crippen LogP contribution in [-0.2, 0) is 0 Å². The van der Waals surface area contributed by atoms with Crippen molar-refractivity contribution in [1.82, 2.24) is 9.97 Å². The summed E-state index contributed by atoms with van der Waals surface area (Å²) in [5.74, 6) is 0. The summed E-state index contributed by atoms with van der Waals surface area (Å²) in [6, 6.07) is 7.69. The van der Waals surface area contributed by atoms with Crippen LogP contribution in [0.1, 0.15) is 5.69 Å². The third kappa shape index (κ3) is 1.80. The second-order valence-electron chi connectivity index (χ2n) is 3.14. The molecule has 76 valence electrons. The van der Waals surface area contributed by atoms with E-state index in [4.69, 9.17) is 11.5 Å². The van der Waals surface area contributed by atoms with Crippen LogP contribution < -0.4 is 11.5 Å². The van der Waals surface area contributed by atoms with Gasteiger partial charge in [0.25, 0.3) is 0 Å². The number of hydrogen-bond acceptors (Lipinski definition) is 4. The van der Waals surface area contributed by atoms with Gasteiger partial charge in [-0.25, -0.2) is 4.98 Å². The molecule has 1 aromatic heterocycles. The van der Waals surface area contributed by atoms with Crippen molar-refractivity contribution in [2.75, 3.05) is 6.54 Å². The Hall–Kier alpha value is -1.94. The molecule has 0 aliphatic carbocycles. The Labute approximate surface area is 87.6 Å². The zero-order valence-electron chi connectivity index (χ0n) is 8.22. The van der Waals surface area contributed by atoms with Gasteiger partial charge in [-0.05, 0) is 12.1 Å². The molecule has 0 aliphatic heterocycles. The van der Waals surface area contributed by atoms with Crippen molar-refractivity contribution >= 4 is 16.6 Å². The van der Waals surface area contributed by atoms with E-state index in [9.17, 15) is 0 Å². The normalized spacial score (nSPS) is 11.9. The molecule has 4 heteroatoms. The van der Waals surface area contributed by atoms with Crippen molar-refractivity contribution < 1.29 is 0 Å². The van der Waals surface area contributed by atoms with Crippen molar-refractivity contribution in [2.45, 2.75) is 0 Å². The zero-order valence-corrected chi connectivity index (χ0v) is 8.22. The second-order valence-corrected chi connectivity index (χ2v) is 3.14. The lowest BCUT2D eigenvalue weighted by molar-refractivity contribution is 1.18. The van der Waals surface area contributed by atoms with Crippen LogP contribution in [-0.4, -0.2) is 16.5 Å². The number of nitrogens with two attached hydrogens (primary N) is 2. The smallest absolute Gasteiger partial charge is 0.0894 e. The van der Waals surface area contributed by atoms with Crippen LogP contribution >= 0.6 is 0 Å². The van der Waals surface area contributed by atoms with Crippen LogP contribution in [0.25, 0.3) is 16.6 Å². The van der Waals surface area contributed by atoms with Crippen molar-refractivity contribution in [3.8, 4) is 0 Å². The average Bonchev–Trinajstić information content (AvgIpc) is 2.30. The summed E-state index contributed by atoms with van der Waals surface area (Å²) in [5, 5.41) is 0. The van der Waals surface area contributed by atoms with Crippen molar-refractivity contribution in [3.05, 3.63) is 42.4 Å². The Kier molecular flexibility index (Phi) is 2.60. The lowest BCUT2D eigenvalue weighted by Crippen LogP contribution is -2.06. The Balaban J connectivity index is 2.56. The summed E-state index contributed by atoms with van der Waals surface area (Å²) in [4.78, 5) is 8.71. The Morgan fingerprint density at radius 1 is 1.27 bits per heavy atom. The number of fused-ring (bicyclic) bond motifs is 1. The summed E-state index contributed by atoms with van der Waals surface area (Å²) < 4.78 is 0. The van der Waals surface area contributed by atoms with E-state index >= 15 is 0 Å². The van der Waals surface area contributed by atoms with E-state index in [0.717, 1.165) is 22.3 Å². The minimum absolute atomic E-state index is 0.365. The van der Waals surface area contributed by atoms with E-state index in [2.05, 4.69) is 9.97 Å². The fourth-order valence-corrected chi connectivity index (χ4v) is 1.37. The highest BCUT2D eigenvalue weighted by atomic mass is 14.8. The van der Waals surface area contributed by atoms with Gasteiger partial charge in [-0.2, -0.15) is 0 Å². The first kappa shape index (κ1) is 9.61. The molecular formula is C11H12N4. The molecule has 0 aliphatic rings. The minimum atomic E-state index is 0.365. The third-order valence-corrected chi connectivity index (χ3v) is 2.20. The predicted molar refractivity (Wildman–Crippen MR) is 60.8 cm³/mol. The molecule has 0 saturated heterocycles. The lowest BCUT2D eigenvalue weighted by Gasteiger charge is -2.03. The molecule has 1 heterocycles. The van der Waals surface area contributed by atoms with E-state index in [0.29, 0.717) is 6.54 Å². The fraction of sp³-hybridized carbons (Fsp3) is 0.0909. The highest BCUT2D eigenvalue weighted by Gasteiger charge is 2.02. The van der Waals surface area contributed by atoms with E-state index in [1.165, 1.54) is 6.20 Å². The first-order chi connectivity index (χ1) is 7.35. The minimum Gasteiger partial charge on any atom is -0.404 e. The standard InChI is InChI=1S/C11H12N4/c12-5-8(6-13)11-7-14-9-3-1-2-4-10(9)15-11/h1-5,7H,6,12-13H2/b8-5+. The van der Waals surface area contributed by atoms with Crippen LogP contribution in [0.2, 0.25) is 0 Å². The van der Waals surface area contributed by atoms with Gasteiger partial charge in [0.1, 0.15) is 0 Å². The summed E-state index contributed by atoms with van der Waals surface area (Å²) >= 11 is 0. The lowest BCUT2D eigenvalue weighted by atomic mass is 10.2. The maximum Gasteiger partial charge on any atom is 0.0894 e. The molecule has 0 atom stereocenters. The Morgan fingerprint density at radius 2 is 2.00 bits per heavy atom. The van der Waals surface area contributed by atoms with Crippen molar-refractivity contribution in [3.63, 3.8) is 0 Å². The van der Waals surface area contributed by atoms with Crippen LogP contribution in [0.3, 0.4) is 0 Å². The molecule has 4 N–H and O–H groups in total. The van der Waals surface area contributed by atoms with Crippen LogP contribution in [0.4, 0.5) is 0 Å². The molecule has 0 bridgehead atoms. The molecule has 0 unspecified atom stereocenters. The third-order valence-electron chi connectivity index (χ3n) is 2.20. The molecule has 2 aromatic rings. The highest BCUT2D eigenvalue weighted by Crippen LogP contribution is 2.13. The number of hydrogen-bond donors (Lipinski definition) is 2. The maximum absolute atomic E-state index is 5.54. The largest absolute Gasteiger partial charge is 0.404 e. The first-order valence-electron chi connectivity index (χ1n) is 4.68. The van der Waals surface area contributed by atoms with Gasteiger partial charge in [0.2, 0.25) is 0 Å². The molecule has 0 spiro atoms. The Bertz CT molecular complexity index is 505. The van der Waals surface area contributed by atoms with Gasteiger partial charge in [0.05, 0.1) is 22.9 Å². The number of nitrogens with zero attached hydrogens (tertiary/aromatic N) is 2. The van der Waals surface area contributed by atoms with Gasteiger partial charge < -0.3 is 11.5 Å². The van der Waals surface area contributed by atoms with Gasteiger partial charge in [0, 0.05) is 18.3 Å². The van der Waals surface area contributed by atoms with Crippen molar-refractivity contribution in [1.29, 1.82) is 0 Å². The maximum atomic E-state index is 5.54. The molecule has 4 nitrogen and oxygen atoms in total. The van der Waals surface area contributed by atoms with Gasteiger partial charge >= 0.3 is 0 Å². The molecule has 15 heavy (non-hydrogen) atoms. The van der Waals surface area contributed by atoms with Gasteiger partial charge in [0.15, 0.2) is 0 Å². The zero-order chi connectivity index (χ0) is 10.7. The average molecular weight is 200 g/mol. The van der Waals surface area contributed by atoms with E-state index < -0.39 is 0 Å². The molecule has 0 radical (unpaired) electrons.